The molecule has 0 N–H and O–H groups in total. The summed E-state index contributed by atoms with van der Waals surface area (Å²) in [4.78, 5) is 27.5. The van der Waals surface area contributed by atoms with Crippen molar-refractivity contribution < 1.29 is 14.3 Å². The van der Waals surface area contributed by atoms with Gasteiger partial charge in [0.2, 0.25) is 0 Å². The zero-order valence-corrected chi connectivity index (χ0v) is 12.9. The van der Waals surface area contributed by atoms with Crippen molar-refractivity contribution in [2.75, 3.05) is 7.05 Å². The summed E-state index contributed by atoms with van der Waals surface area (Å²) in [6.07, 6.45) is 1.28. The van der Waals surface area contributed by atoms with Crippen LogP contribution in [0.2, 0.25) is 0 Å². The number of rotatable bonds is 1. The fourth-order valence-corrected chi connectivity index (χ4v) is 2.16. The third kappa shape index (κ3) is 3.08. The highest BCUT2D eigenvalue weighted by Crippen LogP contribution is 2.30. The molecule has 0 aromatic carbocycles. The summed E-state index contributed by atoms with van der Waals surface area (Å²) in [6, 6.07) is -0.494. The smallest absolute Gasteiger partial charge is 0.416 e. The van der Waals surface area contributed by atoms with Crippen molar-refractivity contribution in [2.45, 2.75) is 53.2 Å². The van der Waals surface area contributed by atoms with Crippen LogP contribution in [0, 0.1) is 5.92 Å². The highest BCUT2D eigenvalue weighted by molar-refractivity contribution is 5.92. The highest BCUT2D eigenvalue weighted by Gasteiger charge is 2.46. The maximum absolute atomic E-state index is 12.3. The molecule has 1 atom stereocenters. The van der Waals surface area contributed by atoms with Gasteiger partial charge in [0.1, 0.15) is 17.5 Å². The zero-order chi connectivity index (χ0) is 15.0. The van der Waals surface area contributed by atoms with Gasteiger partial charge in [0, 0.05) is 7.05 Å². The minimum absolute atomic E-state index is 0.0277. The maximum Gasteiger partial charge on any atom is 0.416 e. The van der Waals surface area contributed by atoms with Crippen molar-refractivity contribution in [1.82, 2.24) is 9.80 Å². The third-order valence-electron chi connectivity index (χ3n) is 2.93. The van der Waals surface area contributed by atoms with E-state index in [1.807, 2.05) is 34.6 Å². The molecular formula is C14H24N2O3. The predicted molar refractivity (Wildman–Crippen MR) is 73.2 cm³/mol. The van der Waals surface area contributed by atoms with Crippen molar-refractivity contribution in [2.24, 2.45) is 5.92 Å². The van der Waals surface area contributed by atoms with E-state index in [-0.39, 0.29) is 11.8 Å². The van der Waals surface area contributed by atoms with Crippen molar-refractivity contribution in [3.8, 4) is 0 Å². The normalized spacial score (nSPS) is 22.6. The molecule has 0 spiro atoms. The van der Waals surface area contributed by atoms with Crippen LogP contribution in [-0.4, -0.2) is 40.5 Å². The minimum atomic E-state index is -0.582. The van der Waals surface area contributed by atoms with Crippen LogP contribution in [0.15, 0.2) is 11.9 Å². The van der Waals surface area contributed by atoms with Crippen LogP contribution in [0.3, 0.4) is 0 Å². The van der Waals surface area contributed by atoms with Gasteiger partial charge in [-0.05, 0) is 39.7 Å². The van der Waals surface area contributed by atoms with Crippen LogP contribution >= 0.6 is 0 Å². The van der Waals surface area contributed by atoms with E-state index >= 15 is 0 Å². The first kappa shape index (κ1) is 15.5. The summed E-state index contributed by atoms with van der Waals surface area (Å²) in [5.41, 5.74) is -0.582. The van der Waals surface area contributed by atoms with Crippen molar-refractivity contribution >= 4 is 12.0 Å². The number of ether oxygens (including phenoxy) is 1. The largest absolute Gasteiger partial charge is 0.443 e. The molecule has 108 valence electrons. The third-order valence-corrected chi connectivity index (χ3v) is 2.93. The molecule has 0 aromatic rings. The van der Waals surface area contributed by atoms with Gasteiger partial charge in [-0.15, -0.1) is 0 Å². The summed E-state index contributed by atoms with van der Waals surface area (Å²) in [7, 11) is 1.68. The van der Waals surface area contributed by atoms with Crippen LogP contribution in [-0.2, 0) is 9.53 Å². The minimum Gasteiger partial charge on any atom is -0.443 e. The van der Waals surface area contributed by atoms with Gasteiger partial charge in [-0.2, -0.15) is 0 Å². The van der Waals surface area contributed by atoms with Gasteiger partial charge in [-0.3, -0.25) is 14.6 Å². The molecule has 5 heteroatoms. The number of carbonyl (C=O) groups is 2. The summed E-state index contributed by atoms with van der Waals surface area (Å²) in [5.74, 6) is 0.534. The number of likely N-dealkylation sites (N-methyl/N-ethyl adjacent to an activating group) is 1. The van der Waals surface area contributed by atoms with E-state index in [2.05, 4.69) is 0 Å². The van der Waals surface area contributed by atoms with Gasteiger partial charge in [0.15, 0.2) is 0 Å². The van der Waals surface area contributed by atoms with Gasteiger partial charge in [-0.25, -0.2) is 4.79 Å². The van der Waals surface area contributed by atoms with Crippen molar-refractivity contribution in [3.05, 3.63) is 11.9 Å². The molecule has 1 aliphatic rings. The molecule has 5 nitrogen and oxygen atoms in total. The van der Waals surface area contributed by atoms with E-state index in [1.54, 1.807) is 20.0 Å². The molecule has 1 fully saturated rings. The summed E-state index contributed by atoms with van der Waals surface area (Å²) < 4.78 is 5.40. The van der Waals surface area contributed by atoms with Gasteiger partial charge in [0.25, 0.3) is 5.91 Å². The number of amides is 2. The number of allylic oxidation sites excluding steroid dienone is 1. The van der Waals surface area contributed by atoms with E-state index in [0.29, 0.717) is 5.82 Å². The molecule has 0 saturated carbocycles. The van der Waals surface area contributed by atoms with Crippen LogP contribution in [0.4, 0.5) is 4.79 Å². The quantitative estimate of drug-likeness (QED) is 0.734. The maximum atomic E-state index is 12.3. The number of hydrogen-bond donors (Lipinski definition) is 0. The first-order valence-corrected chi connectivity index (χ1v) is 6.56. The predicted octanol–water partition coefficient (Wildman–Crippen LogP) is 2.58. The van der Waals surface area contributed by atoms with Crippen LogP contribution in [0.1, 0.15) is 41.5 Å². The number of carbonyl (C=O) groups excluding carboxylic acids is 2. The molecule has 1 heterocycles. The molecule has 1 saturated heterocycles. The molecule has 19 heavy (non-hydrogen) atoms. The van der Waals surface area contributed by atoms with Gasteiger partial charge in [0.05, 0.1) is 0 Å². The second-order valence-corrected chi connectivity index (χ2v) is 6.08. The van der Waals surface area contributed by atoms with Crippen LogP contribution in [0.25, 0.3) is 0 Å². The lowest BCUT2D eigenvalue weighted by Gasteiger charge is -2.29. The van der Waals surface area contributed by atoms with Gasteiger partial charge in [-0.1, -0.05) is 13.8 Å². The fraction of sp³-hybridized carbons (Fsp3) is 0.714. The SMILES string of the molecule is C/C=C1/N(C)C(=O)[C@H](C(C)C)N1C(=O)OC(C)(C)C. The molecule has 0 aliphatic carbocycles. The van der Waals surface area contributed by atoms with E-state index < -0.39 is 17.7 Å². The Kier molecular flexibility index (Phi) is 4.28. The molecule has 2 amide bonds. The fourth-order valence-electron chi connectivity index (χ4n) is 2.16. The van der Waals surface area contributed by atoms with Gasteiger partial charge >= 0.3 is 6.09 Å². The van der Waals surface area contributed by atoms with Crippen LogP contribution < -0.4 is 0 Å². The van der Waals surface area contributed by atoms with E-state index in [9.17, 15) is 9.59 Å². The summed E-state index contributed by atoms with van der Waals surface area (Å²) >= 11 is 0. The average molecular weight is 268 g/mol. The monoisotopic (exact) mass is 268 g/mol. The Morgan fingerprint density at radius 1 is 1.37 bits per heavy atom. The van der Waals surface area contributed by atoms with Gasteiger partial charge < -0.3 is 4.74 Å². The first-order valence-electron chi connectivity index (χ1n) is 6.56. The lowest BCUT2D eigenvalue weighted by molar-refractivity contribution is -0.128. The Labute approximate surface area is 115 Å². The molecule has 1 rings (SSSR count). The number of nitrogens with zero attached hydrogens (tertiary/aromatic N) is 2. The molecule has 0 radical (unpaired) electrons. The Hall–Kier alpha value is -1.52. The van der Waals surface area contributed by atoms with E-state index in [4.69, 9.17) is 4.74 Å². The Morgan fingerprint density at radius 2 is 1.89 bits per heavy atom. The summed E-state index contributed by atoms with van der Waals surface area (Å²) in [6.45, 7) is 11.1. The molecule has 0 unspecified atom stereocenters. The molecule has 0 bridgehead atoms. The van der Waals surface area contributed by atoms with E-state index in [0.717, 1.165) is 0 Å². The first-order chi connectivity index (χ1) is 8.60. The second kappa shape index (κ2) is 5.23. The summed E-state index contributed by atoms with van der Waals surface area (Å²) in [5, 5.41) is 0. The number of hydrogen-bond acceptors (Lipinski definition) is 3. The zero-order valence-electron chi connectivity index (χ0n) is 12.9. The Morgan fingerprint density at radius 3 is 2.26 bits per heavy atom. The van der Waals surface area contributed by atoms with Crippen molar-refractivity contribution in [1.29, 1.82) is 0 Å². The highest BCUT2D eigenvalue weighted by atomic mass is 16.6. The standard InChI is InChI=1S/C14H24N2O3/c1-8-10-15(7)12(17)11(9(2)3)16(10)13(18)19-14(4,5)6/h8-9,11H,1-7H3/b10-8-/t11-/m0/s1. The Bertz CT molecular complexity index is 407. The van der Waals surface area contributed by atoms with E-state index in [1.165, 1.54) is 9.80 Å². The molecule has 0 aromatic heterocycles. The topological polar surface area (TPSA) is 49.9 Å². The van der Waals surface area contributed by atoms with Crippen LogP contribution in [0.5, 0.6) is 0 Å². The lowest BCUT2D eigenvalue weighted by Crippen LogP contribution is -2.43. The average Bonchev–Trinajstić information content (AvgIpc) is 2.49. The second-order valence-electron chi connectivity index (χ2n) is 6.08. The molecule has 1 aliphatic heterocycles. The Balaban J connectivity index is 3.12. The molecular weight excluding hydrogens is 244 g/mol. The van der Waals surface area contributed by atoms with Crippen molar-refractivity contribution in [3.63, 3.8) is 0 Å². The lowest BCUT2D eigenvalue weighted by atomic mass is 10.0.